The van der Waals surface area contributed by atoms with E-state index in [0.29, 0.717) is 6.42 Å². The molecule has 1 aliphatic rings. The van der Waals surface area contributed by atoms with Crippen LogP contribution in [0.1, 0.15) is 29.7 Å². The Kier molecular flexibility index (Phi) is 2.40. The second-order valence-electron chi connectivity index (χ2n) is 4.16. The SMILES string of the molecule is O=C1C[C@H](c2cccnc2)[C@@H](c2ccco2)N1. The van der Waals surface area contributed by atoms with Gasteiger partial charge in [0.05, 0.1) is 12.3 Å². The third-order valence-electron chi connectivity index (χ3n) is 3.09. The zero-order chi connectivity index (χ0) is 11.7. The smallest absolute Gasteiger partial charge is 0.221 e. The van der Waals surface area contributed by atoms with E-state index in [1.165, 1.54) is 0 Å². The fourth-order valence-corrected chi connectivity index (χ4v) is 2.29. The summed E-state index contributed by atoms with van der Waals surface area (Å²) in [7, 11) is 0. The van der Waals surface area contributed by atoms with Gasteiger partial charge in [-0.2, -0.15) is 0 Å². The number of carbonyl (C=O) groups excluding carboxylic acids is 1. The molecule has 2 atom stereocenters. The number of aromatic nitrogens is 1. The van der Waals surface area contributed by atoms with Gasteiger partial charge in [0.25, 0.3) is 0 Å². The van der Waals surface area contributed by atoms with E-state index in [0.717, 1.165) is 11.3 Å². The van der Waals surface area contributed by atoms with Crippen LogP contribution in [0, 0.1) is 0 Å². The Labute approximate surface area is 98.7 Å². The van der Waals surface area contributed by atoms with E-state index < -0.39 is 0 Å². The number of hydrogen-bond acceptors (Lipinski definition) is 3. The van der Waals surface area contributed by atoms with Crippen molar-refractivity contribution < 1.29 is 9.21 Å². The summed E-state index contributed by atoms with van der Waals surface area (Å²) in [5, 5.41) is 2.94. The molecule has 0 aromatic carbocycles. The lowest BCUT2D eigenvalue weighted by atomic mass is 9.92. The first-order valence-corrected chi connectivity index (χ1v) is 5.57. The standard InChI is InChI=1S/C13H12N2O2/c16-12-7-10(9-3-1-5-14-8-9)13(15-12)11-4-2-6-17-11/h1-6,8,10,13H,7H2,(H,15,16)/t10-,13+/m1/s1. The van der Waals surface area contributed by atoms with Crippen molar-refractivity contribution in [2.75, 3.05) is 0 Å². The maximum atomic E-state index is 11.6. The highest BCUT2D eigenvalue weighted by Gasteiger charge is 2.36. The molecule has 0 spiro atoms. The average Bonchev–Trinajstić information content (AvgIpc) is 2.98. The molecule has 1 amide bonds. The number of carbonyl (C=O) groups is 1. The van der Waals surface area contributed by atoms with Gasteiger partial charge in [-0.1, -0.05) is 6.07 Å². The number of hydrogen-bond donors (Lipinski definition) is 1. The molecule has 1 fully saturated rings. The van der Waals surface area contributed by atoms with Crippen molar-refractivity contribution >= 4 is 5.91 Å². The van der Waals surface area contributed by atoms with E-state index in [4.69, 9.17) is 4.42 Å². The van der Waals surface area contributed by atoms with Crippen molar-refractivity contribution in [3.05, 3.63) is 54.2 Å². The number of nitrogens with zero attached hydrogens (tertiary/aromatic N) is 1. The van der Waals surface area contributed by atoms with Crippen LogP contribution in [-0.4, -0.2) is 10.9 Å². The van der Waals surface area contributed by atoms with Crippen LogP contribution in [0.3, 0.4) is 0 Å². The Hall–Kier alpha value is -2.10. The summed E-state index contributed by atoms with van der Waals surface area (Å²) in [6.07, 6.45) is 5.65. The van der Waals surface area contributed by atoms with Crippen molar-refractivity contribution in [1.82, 2.24) is 10.3 Å². The highest BCUT2D eigenvalue weighted by Crippen LogP contribution is 2.37. The van der Waals surface area contributed by atoms with Gasteiger partial charge in [-0.3, -0.25) is 9.78 Å². The predicted octanol–water partition coefficient (Wildman–Crippen LogP) is 2.02. The molecule has 3 heterocycles. The molecule has 4 nitrogen and oxygen atoms in total. The summed E-state index contributed by atoms with van der Waals surface area (Å²) in [5.74, 6) is 0.951. The molecule has 1 saturated heterocycles. The molecule has 2 aromatic heterocycles. The molecular formula is C13H12N2O2. The van der Waals surface area contributed by atoms with Gasteiger partial charge in [-0.05, 0) is 23.8 Å². The molecule has 1 aliphatic heterocycles. The molecule has 3 rings (SSSR count). The lowest BCUT2D eigenvalue weighted by molar-refractivity contribution is -0.119. The van der Waals surface area contributed by atoms with E-state index in [1.54, 1.807) is 18.7 Å². The summed E-state index contributed by atoms with van der Waals surface area (Å²) in [4.78, 5) is 15.7. The average molecular weight is 228 g/mol. The molecule has 1 N–H and O–H groups in total. The highest BCUT2D eigenvalue weighted by atomic mass is 16.3. The summed E-state index contributed by atoms with van der Waals surface area (Å²) in [5.41, 5.74) is 1.06. The van der Waals surface area contributed by atoms with E-state index >= 15 is 0 Å². The van der Waals surface area contributed by atoms with E-state index in [2.05, 4.69) is 10.3 Å². The molecule has 2 aromatic rings. The molecule has 0 radical (unpaired) electrons. The minimum Gasteiger partial charge on any atom is -0.467 e. The van der Waals surface area contributed by atoms with Gasteiger partial charge in [0, 0.05) is 24.7 Å². The molecule has 0 aliphatic carbocycles. The number of furan rings is 1. The monoisotopic (exact) mass is 228 g/mol. The summed E-state index contributed by atoms with van der Waals surface area (Å²) in [6.45, 7) is 0. The third-order valence-corrected chi connectivity index (χ3v) is 3.09. The molecule has 86 valence electrons. The largest absolute Gasteiger partial charge is 0.467 e. The van der Waals surface area contributed by atoms with Crippen LogP contribution in [0.15, 0.2) is 47.3 Å². The maximum absolute atomic E-state index is 11.6. The maximum Gasteiger partial charge on any atom is 0.221 e. The fourth-order valence-electron chi connectivity index (χ4n) is 2.29. The minimum absolute atomic E-state index is 0.0558. The molecule has 0 saturated carbocycles. The molecule has 0 unspecified atom stereocenters. The summed E-state index contributed by atoms with van der Waals surface area (Å²) < 4.78 is 5.38. The van der Waals surface area contributed by atoms with Gasteiger partial charge in [0.15, 0.2) is 0 Å². The van der Waals surface area contributed by atoms with Crippen LogP contribution in [0.4, 0.5) is 0 Å². The number of nitrogens with one attached hydrogen (secondary N) is 1. The van der Waals surface area contributed by atoms with Crippen molar-refractivity contribution in [2.24, 2.45) is 0 Å². The minimum atomic E-state index is -0.0818. The van der Waals surface area contributed by atoms with Crippen LogP contribution in [0.5, 0.6) is 0 Å². The Morgan fingerprint density at radius 1 is 1.35 bits per heavy atom. The van der Waals surface area contributed by atoms with Gasteiger partial charge in [-0.25, -0.2) is 0 Å². The van der Waals surface area contributed by atoms with Gasteiger partial charge in [0.2, 0.25) is 5.91 Å². The van der Waals surface area contributed by atoms with E-state index in [-0.39, 0.29) is 17.9 Å². The number of amides is 1. The lowest BCUT2D eigenvalue weighted by Crippen LogP contribution is -2.19. The Morgan fingerprint density at radius 2 is 2.29 bits per heavy atom. The highest BCUT2D eigenvalue weighted by molar-refractivity contribution is 5.80. The zero-order valence-electron chi connectivity index (χ0n) is 9.17. The zero-order valence-corrected chi connectivity index (χ0v) is 9.17. The molecule has 17 heavy (non-hydrogen) atoms. The van der Waals surface area contributed by atoms with Crippen molar-refractivity contribution in [1.29, 1.82) is 0 Å². The lowest BCUT2D eigenvalue weighted by Gasteiger charge is -2.16. The van der Waals surface area contributed by atoms with Gasteiger partial charge >= 0.3 is 0 Å². The number of rotatable bonds is 2. The first-order valence-electron chi connectivity index (χ1n) is 5.57. The van der Waals surface area contributed by atoms with Crippen LogP contribution in [-0.2, 0) is 4.79 Å². The fraction of sp³-hybridized carbons (Fsp3) is 0.231. The summed E-state index contributed by atoms with van der Waals surface area (Å²) in [6, 6.07) is 7.52. The molecule has 0 bridgehead atoms. The predicted molar refractivity (Wildman–Crippen MR) is 61.2 cm³/mol. The van der Waals surface area contributed by atoms with Crippen molar-refractivity contribution in [3.8, 4) is 0 Å². The van der Waals surface area contributed by atoms with Crippen molar-refractivity contribution in [3.63, 3.8) is 0 Å². The van der Waals surface area contributed by atoms with Crippen LogP contribution in [0.25, 0.3) is 0 Å². The number of pyridine rings is 1. The Balaban J connectivity index is 1.95. The van der Waals surface area contributed by atoms with Crippen LogP contribution < -0.4 is 5.32 Å². The normalized spacial score (nSPS) is 23.6. The van der Waals surface area contributed by atoms with Gasteiger partial charge in [0.1, 0.15) is 5.76 Å². The summed E-state index contributed by atoms with van der Waals surface area (Å²) >= 11 is 0. The van der Waals surface area contributed by atoms with Gasteiger partial charge < -0.3 is 9.73 Å². The first kappa shape index (κ1) is 10.1. The van der Waals surface area contributed by atoms with Gasteiger partial charge in [-0.15, -0.1) is 0 Å². The van der Waals surface area contributed by atoms with Crippen molar-refractivity contribution in [2.45, 2.75) is 18.4 Å². The Bertz CT molecular complexity index is 507. The quantitative estimate of drug-likeness (QED) is 0.855. The van der Waals surface area contributed by atoms with E-state index in [1.807, 2.05) is 24.3 Å². The third kappa shape index (κ3) is 1.82. The molecule has 4 heteroatoms. The van der Waals surface area contributed by atoms with Crippen LogP contribution >= 0.6 is 0 Å². The van der Waals surface area contributed by atoms with Crippen LogP contribution in [0.2, 0.25) is 0 Å². The first-order chi connectivity index (χ1) is 8.34. The second-order valence-corrected chi connectivity index (χ2v) is 4.16. The second kappa shape index (κ2) is 4.05. The Morgan fingerprint density at radius 3 is 3.00 bits per heavy atom. The molecular weight excluding hydrogens is 216 g/mol. The van der Waals surface area contributed by atoms with E-state index in [9.17, 15) is 4.79 Å². The topological polar surface area (TPSA) is 55.1 Å².